The number of ether oxygens (including phenoxy) is 1. The molecule has 2 unspecified atom stereocenters. The highest BCUT2D eigenvalue weighted by Gasteiger charge is 2.28. The lowest BCUT2D eigenvalue weighted by molar-refractivity contribution is 0.352. The highest BCUT2D eigenvalue weighted by atomic mass is 35.5. The molecule has 2 aromatic carbocycles. The molecular formula is C26H27ClFN5O. The van der Waals surface area contributed by atoms with Gasteiger partial charge in [-0.3, -0.25) is 4.98 Å². The van der Waals surface area contributed by atoms with E-state index < -0.39 is 5.82 Å². The van der Waals surface area contributed by atoms with Crippen molar-refractivity contribution in [3.8, 4) is 17.3 Å². The first-order valence-corrected chi connectivity index (χ1v) is 12.0. The van der Waals surface area contributed by atoms with E-state index in [4.69, 9.17) is 16.3 Å². The third-order valence-corrected chi connectivity index (χ3v) is 6.89. The van der Waals surface area contributed by atoms with E-state index in [1.165, 1.54) is 7.11 Å². The summed E-state index contributed by atoms with van der Waals surface area (Å²) in [5.74, 6) is 0.134. The summed E-state index contributed by atoms with van der Waals surface area (Å²) in [4.78, 5) is 15.8. The molecule has 1 N–H and O–H groups in total. The van der Waals surface area contributed by atoms with Gasteiger partial charge in [-0.25, -0.2) is 4.39 Å². The Hall–Kier alpha value is -3.03. The molecule has 0 bridgehead atoms. The molecule has 0 saturated carbocycles. The van der Waals surface area contributed by atoms with E-state index >= 15 is 4.39 Å². The molecule has 176 valence electrons. The van der Waals surface area contributed by atoms with E-state index in [9.17, 15) is 0 Å². The van der Waals surface area contributed by atoms with Crippen LogP contribution in [-0.2, 0) is 0 Å². The van der Waals surface area contributed by atoms with Crippen LogP contribution in [0.1, 0.15) is 26.7 Å². The number of nitrogens with one attached hydrogen (secondary N) is 1. The SMILES string of the molecule is CCC1CN(c2nc(OC)nc3c(F)c(-c4cccc5cccc(Cl)c45)ncc23)CC(CC)N1. The molecule has 0 aliphatic carbocycles. The number of methoxy groups -OCH3 is 1. The summed E-state index contributed by atoms with van der Waals surface area (Å²) in [5, 5.41) is 6.47. The van der Waals surface area contributed by atoms with Crippen LogP contribution < -0.4 is 15.0 Å². The minimum absolute atomic E-state index is 0.133. The number of benzene rings is 2. The van der Waals surface area contributed by atoms with E-state index in [0.29, 0.717) is 33.9 Å². The lowest BCUT2D eigenvalue weighted by Gasteiger charge is -2.39. The Balaban J connectivity index is 1.70. The Bertz CT molecular complexity index is 1350. The predicted octanol–water partition coefficient (Wildman–Crippen LogP) is 5.61. The molecule has 2 aromatic heterocycles. The Morgan fingerprint density at radius 2 is 1.79 bits per heavy atom. The van der Waals surface area contributed by atoms with Crippen molar-refractivity contribution < 1.29 is 9.13 Å². The van der Waals surface area contributed by atoms with Gasteiger partial charge in [0, 0.05) is 47.3 Å². The third-order valence-electron chi connectivity index (χ3n) is 6.57. The minimum Gasteiger partial charge on any atom is -0.467 e. The van der Waals surface area contributed by atoms with Crippen molar-refractivity contribution >= 4 is 39.1 Å². The number of fused-ring (bicyclic) bond motifs is 2. The van der Waals surface area contributed by atoms with Gasteiger partial charge in [-0.1, -0.05) is 55.8 Å². The first-order chi connectivity index (χ1) is 16.5. The standard InChI is InChI=1S/C26H27ClFN5O/c1-4-16-13-33(14-17(5-2)30-16)25-19-12-29-23(22(28)24(19)31-26(32-25)34-3)18-10-6-8-15-9-7-11-20(27)21(15)18/h6-12,16-17,30H,4-5,13-14H2,1-3H3. The van der Waals surface area contributed by atoms with E-state index in [2.05, 4.69) is 39.0 Å². The number of anilines is 1. The molecule has 0 amide bonds. The van der Waals surface area contributed by atoms with E-state index in [-0.39, 0.29) is 17.2 Å². The van der Waals surface area contributed by atoms with Crippen molar-refractivity contribution in [3.05, 3.63) is 53.4 Å². The molecule has 1 aliphatic heterocycles. The van der Waals surface area contributed by atoms with E-state index in [0.717, 1.165) is 36.7 Å². The fourth-order valence-electron chi connectivity index (χ4n) is 4.75. The Morgan fingerprint density at radius 3 is 2.47 bits per heavy atom. The molecule has 0 spiro atoms. The Labute approximate surface area is 203 Å². The number of nitrogens with zero attached hydrogens (tertiary/aromatic N) is 4. The van der Waals surface area contributed by atoms with E-state index in [1.54, 1.807) is 12.3 Å². The maximum absolute atomic E-state index is 16.1. The van der Waals surface area contributed by atoms with Gasteiger partial charge in [0.1, 0.15) is 17.0 Å². The average Bonchev–Trinajstić information content (AvgIpc) is 2.88. The summed E-state index contributed by atoms with van der Waals surface area (Å²) < 4.78 is 21.5. The van der Waals surface area contributed by atoms with Gasteiger partial charge >= 0.3 is 6.01 Å². The molecule has 4 aromatic rings. The normalized spacial score (nSPS) is 18.6. The lowest BCUT2D eigenvalue weighted by Crippen LogP contribution is -2.56. The maximum atomic E-state index is 16.1. The minimum atomic E-state index is -0.513. The van der Waals surface area contributed by atoms with Crippen LogP contribution in [0.3, 0.4) is 0 Å². The van der Waals surface area contributed by atoms with Gasteiger partial charge in [0.25, 0.3) is 0 Å². The molecular weight excluding hydrogens is 453 g/mol. The number of halogens is 2. The third kappa shape index (κ3) is 3.93. The highest BCUT2D eigenvalue weighted by Crippen LogP contribution is 2.37. The zero-order valence-electron chi connectivity index (χ0n) is 19.5. The van der Waals surface area contributed by atoms with Gasteiger partial charge in [-0.15, -0.1) is 0 Å². The fourth-order valence-corrected chi connectivity index (χ4v) is 5.03. The van der Waals surface area contributed by atoms with Crippen molar-refractivity contribution in [1.82, 2.24) is 20.3 Å². The number of pyridine rings is 1. The molecule has 1 saturated heterocycles. The van der Waals surface area contributed by atoms with Crippen LogP contribution in [0.2, 0.25) is 5.02 Å². The summed E-state index contributed by atoms with van der Waals surface area (Å²) in [6.07, 6.45) is 3.65. The van der Waals surface area contributed by atoms with E-state index in [1.807, 2.05) is 30.3 Å². The largest absolute Gasteiger partial charge is 0.467 e. The Kier molecular flexibility index (Phi) is 6.23. The first-order valence-electron chi connectivity index (χ1n) is 11.6. The van der Waals surface area contributed by atoms with Crippen LogP contribution in [0.5, 0.6) is 6.01 Å². The average molecular weight is 480 g/mol. The highest BCUT2D eigenvalue weighted by molar-refractivity contribution is 6.36. The molecule has 8 heteroatoms. The van der Waals surface area contributed by atoms with Crippen molar-refractivity contribution in [2.45, 2.75) is 38.8 Å². The second-order valence-corrected chi connectivity index (χ2v) is 9.05. The molecule has 34 heavy (non-hydrogen) atoms. The predicted molar refractivity (Wildman–Crippen MR) is 135 cm³/mol. The van der Waals surface area contributed by atoms with Gasteiger partial charge in [0.05, 0.1) is 12.5 Å². The van der Waals surface area contributed by atoms with Crippen LogP contribution >= 0.6 is 11.6 Å². The summed E-state index contributed by atoms with van der Waals surface area (Å²) in [5.41, 5.74) is 1.02. The topological polar surface area (TPSA) is 63.2 Å². The van der Waals surface area contributed by atoms with Crippen molar-refractivity contribution in [2.75, 3.05) is 25.1 Å². The van der Waals surface area contributed by atoms with Crippen molar-refractivity contribution in [3.63, 3.8) is 0 Å². The molecule has 5 rings (SSSR count). The van der Waals surface area contributed by atoms with Gasteiger partial charge in [0.15, 0.2) is 5.82 Å². The van der Waals surface area contributed by atoms with Gasteiger partial charge < -0.3 is 15.0 Å². The van der Waals surface area contributed by atoms with Crippen molar-refractivity contribution in [2.24, 2.45) is 0 Å². The van der Waals surface area contributed by atoms with Crippen LogP contribution in [0.4, 0.5) is 10.2 Å². The lowest BCUT2D eigenvalue weighted by atomic mass is 10.0. The van der Waals surface area contributed by atoms with Crippen LogP contribution in [0.25, 0.3) is 32.9 Å². The molecule has 6 nitrogen and oxygen atoms in total. The zero-order chi connectivity index (χ0) is 23.8. The maximum Gasteiger partial charge on any atom is 0.318 e. The number of hydrogen-bond donors (Lipinski definition) is 1. The number of rotatable bonds is 5. The van der Waals surface area contributed by atoms with Crippen molar-refractivity contribution in [1.29, 1.82) is 0 Å². The first kappa shape index (κ1) is 22.7. The second-order valence-electron chi connectivity index (χ2n) is 8.64. The summed E-state index contributed by atoms with van der Waals surface area (Å²) >= 11 is 6.50. The molecule has 3 heterocycles. The zero-order valence-corrected chi connectivity index (χ0v) is 20.2. The van der Waals surface area contributed by atoms with Gasteiger partial charge in [-0.05, 0) is 24.3 Å². The van der Waals surface area contributed by atoms with Crippen LogP contribution in [0, 0.1) is 5.82 Å². The van der Waals surface area contributed by atoms with Crippen LogP contribution in [-0.4, -0.2) is 47.2 Å². The second kappa shape index (κ2) is 9.31. The molecule has 1 fully saturated rings. The number of piperazine rings is 1. The monoisotopic (exact) mass is 479 g/mol. The quantitative estimate of drug-likeness (QED) is 0.401. The smallest absolute Gasteiger partial charge is 0.318 e. The summed E-state index contributed by atoms with van der Waals surface area (Å²) in [7, 11) is 1.50. The summed E-state index contributed by atoms with van der Waals surface area (Å²) in [6.45, 7) is 5.86. The van der Waals surface area contributed by atoms with Crippen LogP contribution in [0.15, 0.2) is 42.6 Å². The van der Waals surface area contributed by atoms with Gasteiger partial charge in [0.2, 0.25) is 0 Å². The van der Waals surface area contributed by atoms with Gasteiger partial charge in [-0.2, -0.15) is 9.97 Å². The fraction of sp³-hybridized carbons (Fsp3) is 0.346. The summed E-state index contributed by atoms with van der Waals surface area (Å²) in [6, 6.07) is 12.1. The molecule has 2 atom stereocenters. The molecule has 0 radical (unpaired) electrons. The molecule has 1 aliphatic rings. The number of aromatic nitrogens is 3. The Morgan fingerprint density at radius 1 is 1.09 bits per heavy atom. The number of hydrogen-bond acceptors (Lipinski definition) is 6.